The van der Waals surface area contributed by atoms with Gasteiger partial charge in [0.05, 0.1) is 0 Å². The van der Waals surface area contributed by atoms with E-state index in [1.165, 1.54) is 38.9 Å². The molecule has 1 fully saturated rings. The van der Waals surface area contributed by atoms with Gasteiger partial charge < -0.3 is 10.6 Å². The Morgan fingerprint density at radius 2 is 2.00 bits per heavy atom. The molecule has 2 atom stereocenters. The normalized spacial score (nSPS) is 24.9. The summed E-state index contributed by atoms with van der Waals surface area (Å²) in [4.78, 5) is 5.10. The molecule has 2 unspecified atom stereocenters. The zero-order valence-electron chi connectivity index (χ0n) is 11.3. The van der Waals surface area contributed by atoms with Gasteiger partial charge in [-0.15, -0.1) is 0 Å². The van der Waals surface area contributed by atoms with E-state index in [4.69, 9.17) is 5.73 Å². The zero-order chi connectivity index (χ0) is 12.0. The molecule has 1 aliphatic heterocycles. The van der Waals surface area contributed by atoms with Crippen LogP contribution < -0.4 is 5.73 Å². The highest BCUT2D eigenvalue weighted by Crippen LogP contribution is 2.18. The largest absolute Gasteiger partial charge is 0.327 e. The number of hydrogen-bond donors (Lipinski definition) is 1. The van der Waals surface area contributed by atoms with E-state index in [2.05, 4.69) is 30.6 Å². The highest BCUT2D eigenvalue weighted by molar-refractivity contribution is 4.83. The molecule has 0 spiro atoms. The van der Waals surface area contributed by atoms with Gasteiger partial charge in [0.25, 0.3) is 0 Å². The molecular formula is C13H29N3. The molecule has 3 nitrogen and oxygen atoms in total. The summed E-state index contributed by atoms with van der Waals surface area (Å²) in [5.41, 5.74) is 6.07. The molecule has 0 saturated carbocycles. The molecular weight excluding hydrogens is 198 g/mol. The van der Waals surface area contributed by atoms with Crippen LogP contribution in [0, 0.1) is 0 Å². The van der Waals surface area contributed by atoms with Crippen LogP contribution in [0.2, 0.25) is 0 Å². The quantitative estimate of drug-likeness (QED) is 0.747. The van der Waals surface area contributed by atoms with Crippen molar-refractivity contribution in [3.63, 3.8) is 0 Å². The minimum absolute atomic E-state index is 0.317. The smallest absolute Gasteiger partial charge is 0.0245 e. The molecule has 16 heavy (non-hydrogen) atoms. The Morgan fingerprint density at radius 3 is 2.56 bits per heavy atom. The van der Waals surface area contributed by atoms with Crippen LogP contribution in [-0.4, -0.2) is 54.6 Å². The predicted octanol–water partition coefficient (Wildman–Crippen LogP) is 1.53. The van der Waals surface area contributed by atoms with Crippen molar-refractivity contribution < 1.29 is 0 Å². The maximum Gasteiger partial charge on any atom is 0.0245 e. The summed E-state index contributed by atoms with van der Waals surface area (Å²) in [6, 6.07) is 0.932. The summed E-state index contributed by atoms with van der Waals surface area (Å²) < 4.78 is 0. The summed E-state index contributed by atoms with van der Waals surface area (Å²) >= 11 is 0. The number of nitrogens with two attached hydrogens (primary N) is 1. The van der Waals surface area contributed by atoms with Crippen molar-refractivity contribution in [2.75, 3.05) is 32.7 Å². The Bertz CT molecular complexity index is 178. The van der Waals surface area contributed by atoms with Gasteiger partial charge in [0.1, 0.15) is 0 Å². The van der Waals surface area contributed by atoms with E-state index in [1.54, 1.807) is 0 Å². The summed E-state index contributed by atoms with van der Waals surface area (Å²) in [6.07, 6.45) is 3.99. The second-order valence-corrected chi connectivity index (χ2v) is 4.99. The maximum absolute atomic E-state index is 6.07. The first kappa shape index (κ1) is 13.9. The second-order valence-electron chi connectivity index (χ2n) is 4.99. The molecule has 0 aromatic rings. The van der Waals surface area contributed by atoms with E-state index >= 15 is 0 Å². The van der Waals surface area contributed by atoms with Crippen molar-refractivity contribution in [1.29, 1.82) is 0 Å². The number of likely N-dealkylation sites (tertiary alicyclic amines) is 1. The topological polar surface area (TPSA) is 32.5 Å². The van der Waals surface area contributed by atoms with Crippen LogP contribution in [0.4, 0.5) is 0 Å². The van der Waals surface area contributed by atoms with Gasteiger partial charge in [-0.25, -0.2) is 0 Å². The molecule has 0 radical (unpaired) electrons. The van der Waals surface area contributed by atoms with Crippen molar-refractivity contribution in [3.05, 3.63) is 0 Å². The van der Waals surface area contributed by atoms with Crippen LogP contribution in [-0.2, 0) is 0 Å². The van der Waals surface area contributed by atoms with E-state index in [9.17, 15) is 0 Å². The van der Waals surface area contributed by atoms with Crippen LogP contribution in [0.25, 0.3) is 0 Å². The minimum Gasteiger partial charge on any atom is -0.327 e. The molecule has 0 aromatic carbocycles. The van der Waals surface area contributed by atoms with Gasteiger partial charge in [-0.2, -0.15) is 0 Å². The van der Waals surface area contributed by atoms with Crippen LogP contribution in [0.3, 0.4) is 0 Å². The van der Waals surface area contributed by atoms with Crippen LogP contribution in [0.1, 0.15) is 40.0 Å². The number of piperidine rings is 1. The van der Waals surface area contributed by atoms with Crippen LogP contribution in [0.15, 0.2) is 0 Å². The predicted molar refractivity (Wildman–Crippen MR) is 70.6 cm³/mol. The SMILES string of the molecule is CCN(CC)CCN1CCCCC1C(C)N. The summed E-state index contributed by atoms with van der Waals surface area (Å²) in [7, 11) is 0. The van der Waals surface area contributed by atoms with Gasteiger partial charge in [-0.05, 0) is 39.4 Å². The first-order valence-electron chi connectivity index (χ1n) is 6.91. The average molecular weight is 227 g/mol. The van der Waals surface area contributed by atoms with Crippen molar-refractivity contribution in [1.82, 2.24) is 9.80 Å². The number of hydrogen-bond acceptors (Lipinski definition) is 3. The monoisotopic (exact) mass is 227 g/mol. The Labute approximate surface area is 101 Å². The maximum atomic E-state index is 6.07. The molecule has 1 aliphatic rings. The summed E-state index contributed by atoms with van der Waals surface area (Å²) in [5, 5.41) is 0. The molecule has 96 valence electrons. The van der Waals surface area contributed by atoms with E-state index in [0.717, 1.165) is 13.1 Å². The number of likely N-dealkylation sites (N-methyl/N-ethyl adjacent to an activating group) is 1. The Hall–Kier alpha value is -0.120. The summed E-state index contributed by atoms with van der Waals surface area (Å²) in [6.45, 7) is 12.6. The first-order chi connectivity index (χ1) is 7.69. The van der Waals surface area contributed by atoms with Crippen molar-refractivity contribution in [2.24, 2.45) is 5.73 Å². The number of nitrogens with zero attached hydrogens (tertiary/aromatic N) is 2. The van der Waals surface area contributed by atoms with Crippen molar-refractivity contribution in [2.45, 2.75) is 52.1 Å². The molecule has 0 aliphatic carbocycles. The fraction of sp³-hybridized carbons (Fsp3) is 1.00. The molecule has 0 aromatic heterocycles. The third-order valence-electron chi connectivity index (χ3n) is 3.87. The first-order valence-corrected chi connectivity index (χ1v) is 6.91. The molecule has 2 N–H and O–H groups in total. The van der Waals surface area contributed by atoms with Crippen LogP contribution >= 0.6 is 0 Å². The minimum atomic E-state index is 0.317. The molecule has 0 bridgehead atoms. The highest BCUT2D eigenvalue weighted by atomic mass is 15.2. The highest BCUT2D eigenvalue weighted by Gasteiger charge is 2.24. The lowest BCUT2D eigenvalue weighted by Gasteiger charge is -2.39. The van der Waals surface area contributed by atoms with Crippen molar-refractivity contribution >= 4 is 0 Å². The molecule has 1 rings (SSSR count). The van der Waals surface area contributed by atoms with E-state index in [1.807, 2.05) is 0 Å². The van der Waals surface area contributed by atoms with Gasteiger partial charge in [0.15, 0.2) is 0 Å². The molecule has 1 heterocycles. The van der Waals surface area contributed by atoms with Gasteiger partial charge in [-0.1, -0.05) is 20.3 Å². The third-order valence-corrected chi connectivity index (χ3v) is 3.87. The Kier molecular flexibility index (Phi) is 6.32. The number of rotatable bonds is 6. The third kappa shape index (κ3) is 4.04. The van der Waals surface area contributed by atoms with Gasteiger partial charge >= 0.3 is 0 Å². The second kappa shape index (κ2) is 7.25. The van der Waals surface area contributed by atoms with Gasteiger partial charge in [0.2, 0.25) is 0 Å². The Morgan fingerprint density at radius 1 is 1.31 bits per heavy atom. The van der Waals surface area contributed by atoms with Crippen LogP contribution in [0.5, 0.6) is 0 Å². The van der Waals surface area contributed by atoms with E-state index in [0.29, 0.717) is 12.1 Å². The Balaban J connectivity index is 2.37. The lowest BCUT2D eigenvalue weighted by atomic mass is 9.97. The van der Waals surface area contributed by atoms with Gasteiger partial charge in [-0.3, -0.25) is 4.90 Å². The molecule has 1 saturated heterocycles. The average Bonchev–Trinajstić information content (AvgIpc) is 2.30. The lowest BCUT2D eigenvalue weighted by Crippen LogP contribution is -2.51. The van der Waals surface area contributed by atoms with E-state index < -0.39 is 0 Å². The van der Waals surface area contributed by atoms with Crippen molar-refractivity contribution in [3.8, 4) is 0 Å². The summed E-state index contributed by atoms with van der Waals surface area (Å²) in [5.74, 6) is 0. The fourth-order valence-corrected chi connectivity index (χ4v) is 2.70. The standard InChI is InChI=1S/C13H29N3/c1-4-15(5-2)10-11-16-9-7-6-8-13(16)12(3)14/h12-13H,4-11,14H2,1-3H3. The molecule has 0 amide bonds. The van der Waals surface area contributed by atoms with E-state index in [-0.39, 0.29) is 0 Å². The lowest BCUT2D eigenvalue weighted by molar-refractivity contribution is 0.114. The fourth-order valence-electron chi connectivity index (χ4n) is 2.70. The zero-order valence-corrected chi connectivity index (χ0v) is 11.3. The molecule has 3 heteroatoms. The van der Waals surface area contributed by atoms with Gasteiger partial charge in [0, 0.05) is 25.2 Å².